The maximum Gasteiger partial charge on any atom is 0.331 e. The van der Waals surface area contributed by atoms with Crippen LogP contribution < -0.4 is 10.2 Å². The Balaban J connectivity index is 1.44. The van der Waals surface area contributed by atoms with Crippen molar-refractivity contribution in [2.24, 2.45) is 0 Å². The summed E-state index contributed by atoms with van der Waals surface area (Å²) in [5.74, 6) is -2.59. The largest absolute Gasteiger partial charge is 0.508 e. The number of benzene rings is 3. The number of fused-ring (bicyclic) bond motifs is 1. The van der Waals surface area contributed by atoms with E-state index in [0.717, 1.165) is 12.1 Å². The first-order valence-corrected chi connectivity index (χ1v) is 12.7. The number of hydrogen-bond acceptors (Lipinski definition) is 12. The van der Waals surface area contributed by atoms with Gasteiger partial charge in [-0.25, -0.2) is 4.79 Å². The van der Waals surface area contributed by atoms with E-state index in [-0.39, 0.29) is 39.5 Å². The van der Waals surface area contributed by atoms with Gasteiger partial charge in [0.25, 0.3) is 0 Å². The molecule has 2 heterocycles. The van der Waals surface area contributed by atoms with Crippen molar-refractivity contribution in [1.29, 1.82) is 0 Å². The summed E-state index contributed by atoms with van der Waals surface area (Å²) in [6.45, 7) is 1.47. The number of hydrogen-bond donors (Lipinski definition) is 6. The molecule has 0 saturated carbocycles. The molecule has 5 rings (SSSR count). The predicted octanol–water partition coefficient (Wildman–Crippen LogP) is 2.75. The highest BCUT2D eigenvalue weighted by atomic mass is 16.7. The Morgan fingerprint density at radius 2 is 1.55 bits per heavy atom. The normalized spacial score (nSPS) is 22.3. The highest BCUT2D eigenvalue weighted by molar-refractivity contribution is 5.88. The van der Waals surface area contributed by atoms with Gasteiger partial charge in [0.15, 0.2) is 11.9 Å². The van der Waals surface area contributed by atoms with Crippen LogP contribution in [0.3, 0.4) is 0 Å². The summed E-state index contributed by atoms with van der Waals surface area (Å²) >= 11 is 0. The van der Waals surface area contributed by atoms with Gasteiger partial charge in [-0.3, -0.25) is 4.79 Å². The summed E-state index contributed by atoms with van der Waals surface area (Å²) in [4.78, 5) is 25.4. The molecule has 1 aliphatic rings. The first kappa shape index (κ1) is 28.5. The highest BCUT2D eigenvalue weighted by Gasteiger charge is 2.46. The van der Waals surface area contributed by atoms with Crippen LogP contribution in [0.25, 0.3) is 28.4 Å². The number of carbonyl (C=O) groups excluding carboxylic acids is 1. The maximum atomic E-state index is 12.9. The van der Waals surface area contributed by atoms with Crippen molar-refractivity contribution in [3.05, 3.63) is 82.5 Å². The van der Waals surface area contributed by atoms with Crippen LogP contribution in [0, 0.1) is 0 Å². The van der Waals surface area contributed by atoms with Crippen LogP contribution in [0.4, 0.5) is 0 Å². The van der Waals surface area contributed by atoms with E-state index in [0.29, 0.717) is 5.56 Å². The molecule has 0 unspecified atom stereocenters. The van der Waals surface area contributed by atoms with Crippen molar-refractivity contribution in [3.8, 4) is 40.1 Å². The molecule has 4 aromatic rings. The van der Waals surface area contributed by atoms with Gasteiger partial charge < -0.3 is 49.3 Å². The van der Waals surface area contributed by atoms with E-state index in [4.69, 9.17) is 18.6 Å². The number of aliphatic hydroxyl groups is 2. The lowest BCUT2D eigenvalue weighted by Gasteiger charge is -2.40. The quantitative estimate of drug-likeness (QED) is 0.145. The Kier molecular flexibility index (Phi) is 7.77. The average Bonchev–Trinajstić information content (AvgIpc) is 2.96. The van der Waals surface area contributed by atoms with Crippen molar-refractivity contribution in [1.82, 2.24) is 0 Å². The molecule has 218 valence electrons. The Morgan fingerprint density at radius 1 is 0.905 bits per heavy atom. The van der Waals surface area contributed by atoms with Crippen molar-refractivity contribution < 1.29 is 54.1 Å². The zero-order valence-electron chi connectivity index (χ0n) is 21.9. The first-order valence-electron chi connectivity index (χ1n) is 12.7. The third kappa shape index (κ3) is 5.72. The molecule has 1 aromatic heterocycles. The van der Waals surface area contributed by atoms with Gasteiger partial charge in [0, 0.05) is 23.8 Å². The fourth-order valence-electron chi connectivity index (χ4n) is 4.42. The third-order valence-corrected chi connectivity index (χ3v) is 6.65. The number of carbonyl (C=O) groups is 1. The lowest BCUT2D eigenvalue weighted by Crippen LogP contribution is -2.59. The van der Waals surface area contributed by atoms with Crippen LogP contribution >= 0.6 is 0 Å². The predicted molar refractivity (Wildman–Crippen MR) is 147 cm³/mol. The summed E-state index contributed by atoms with van der Waals surface area (Å²) in [7, 11) is 0. The van der Waals surface area contributed by atoms with Crippen molar-refractivity contribution in [2.45, 2.75) is 37.6 Å². The van der Waals surface area contributed by atoms with Crippen LogP contribution in [-0.4, -0.2) is 67.3 Å². The summed E-state index contributed by atoms with van der Waals surface area (Å²) in [6.07, 6.45) is -4.49. The number of phenols is 3. The minimum Gasteiger partial charge on any atom is -0.508 e. The lowest BCUT2D eigenvalue weighted by molar-refractivity contribution is -0.272. The zero-order valence-corrected chi connectivity index (χ0v) is 21.9. The molecule has 6 N–H and O–H groups in total. The topological polar surface area (TPSA) is 196 Å². The first-order chi connectivity index (χ1) is 20.0. The molecular formula is C30H26O12. The average molecular weight is 579 g/mol. The molecule has 0 aliphatic carbocycles. The van der Waals surface area contributed by atoms with E-state index in [2.05, 4.69) is 0 Å². The summed E-state index contributed by atoms with van der Waals surface area (Å²) in [6, 6.07) is 13.8. The summed E-state index contributed by atoms with van der Waals surface area (Å²) in [5, 5.41) is 60.7. The second kappa shape index (κ2) is 11.4. The molecule has 42 heavy (non-hydrogen) atoms. The molecule has 0 spiro atoms. The molecule has 0 amide bonds. The van der Waals surface area contributed by atoms with Gasteiger partial charge >= 0.3 is 5.97 Å². The molecule has 1 aliphatic heterocycles. The summed E-state index contributed by atoms with van der Waals surface area (Å²) in [5.41, 5.74) is -0.246. The second-order valence-corrected chi connectivity index (χ2v) is 9.61. The molecule has 12 heteroatoms. The second-order valence-electron chi connectivity index (χ2n) is 9.61. The molecule has 0 radical (unpaired) electrons. The molecule has 3 aromatic carbocycles. The van der Waals surface area contributed by atoms with Gasteiger partial charge in [-0.1, -0.05) is 12.1 Å². The number of aromatic hydroxyl groups is 4. The molecule has 5 atom stereocenters. The van der Waals surface area contributed by atoms with Gasteiger partial charge in [0.1, 0.15) is 46.2 Å². The van der Waals surface area contributed by atoms with Crippen LogP contribution in [0.15, 0.2) is 76.0 Å². The maximum absolute atomic E-state index is 12.9. The molecule has 1 saturated heterocycles. The monoisotopic (exact) mass is 578 g/mol. The van der Waals surface area contributed by atoms with Crippen LogP contribution in [0.5, 0.6) is 28.7 Å². The van der Waals surface area contributed by atoms with E-state index in [1.807, 2.05) is 0 Å². The van der Waals surface area contributed by atoms with Crippen LogP contribution in [0.1, 0.15) is 12.5 Å². The Hall–Kier alpha value is -5.04. The van der Waals surface area contributed by atoms with E-state index in [1.54, 1.807) is 12.1 Å². The minimum absolute atomic E-state index is 0.0465. The van der Waals surface area contributed by atoms with E-state index >= 15 is 0 Å². The number of phenolic OH excluding ortho intramolecular Hbond substituents is 3. The smallest absolute Gasteiger partial charge is 0.331 e. The molecular weight excluding hydrogens is 552 g/mol. The number of ether oxygens (including phenoxy) is 3. The highest BCUT2D eigenvalue weighted by Crippen LogP contribution is 2.37. The van der Waals surface area contributed by atoms with Gasteiger partial charge in [-0.2, -0.15) is 0 Å². The SMILES string of the molecule is C[C@@H]1O[C@@H](Oc2cc(O)c3c(=O)c(O)c(-c4ccc(O)cc4)oc3c2)[C@H](OC(=O)/C=C/c2ccc(O)cc2)[C@H](O)[C@H]1O. The third-order valence-electron chi connectivity index (χ3n) is 6.65. The van der Waals surface area contributed by atoms with Crippen LogP contribution in [-0.2, 0) is 14.3 Å². The molecule has 12 nitrogen and oxygen atoms in total. The fraction of sp³-hybridized carbons (Fsp3) is 0.200. The molecule has 1 fully saturated rings. The number of aliphatic hydroxyl groups excluding tert-OH is 2. The van der Waals surface area contributed by atoms with E-state index < -0.39 is 53.6 Å². The van der Waals surface area contributed by atoms with Crippen molar-refractivity contribution >= 4 is 23.0 Å². The standard InChI is InChI=1S/C30H26O12/c1-14-24(35)26(37)29(42-22(34)11-4-15-2-7-17(31)8-3-15)30(39-14)40-19-12-20(33)23-21(13-19)41-28(27(38)25(23)36)16-5-9-18(32)10-6-16/h2-14,24,26,29-33,35,37-38H,1H3/b11-4+/t14-,24-,26+,29+,30-/m0/s1. The Bertz CT molecular complexity index is 1690. The number of rotatable bonds is 6. The van der Waals surface area contributed by atoms with Crippen LogP contribution in [0.2, 0.25) is 0 Å². The summed E-state index contributed by atoms with van der Waals surface area (Å²) < 4.78 is 22.6. The van der Waals surface area contributed by atoms with Gasteiger partial charge in [-0.05, 0) is 55.0 Å². The zero-order chi connectivity index (χ0) is 30.1. The van der Waals surface area contributed by atoms with Gasteiger partial charge in [0.2, 0.25) is 17.5 Å². The van der Waals surface area contributed by atoms with Crippen molar-refractivity contribution in [3.63, 3.8) is 0 Å². The van der Waals surface area contributed by atoms with E-state index in [1.165, 1.54) is 55.5 Å². The molecule has 0 bridgehead atoms. The number of esters is 1. The lowest BCUT2D eigenvalue weighted by atomic mass is 9.99. The van der Waals surface area contributed by atoms with Gasteiger partial charge in [-0.15, -0.1) is 0 Å². The minimum atomic E-state index is -1.62. The Morgan fingerprint density at radius 3 is 2.21 bits per heavy atom. The van der Waals surface area contributed by atoms with Gasteiger partial charge in [0.05, 0.1) is 6.10 Å². The fourth-order valence-corrected chi connectivity index (χ4v) is 4.42. The Labute approximate surface area is 237 Å². The van der Waals surface area contributed by atoms with E-state index in [9.17, 15) is 40.2 Å². The van der Waals surface area contributed by atoms with Crippen molar-refractivity contribution in [2.75, 3.05) is 0 Å².